The molecule has 1 aliphatic rings. The van der Waals surface area contributed by atoms with E-state index < -0.39 is 11.3 Å². The highest BCUT2D eigenvalue weighted by atomic mass is 35.5. The molecule has 2 radical (unpaired) electrons. The van der Waals surface area contributed by atoms with E-state index in [4.69, 9.17) is 31.0 Å². The van der Waals surface area contributed by atoms with Crippen molar-refractivity contribution in [2.24, 2.45) is 5.92 Å². The van der Waals surface area contributed by atoms with Gasteiger partial charge >= 0.3 is 5.97 Å². The van der Waals surface area contributed by atoms with E-state index in [0.29, 0.717) is 16.5 Å². The Morgan fingerprint density at radius 1 is 1.33 bits per heavy atom. The van der Waals surface area contributed by atoms with Gasteiger partial charge < -0.3 is 5.11 Å². The minimum absolute atomic E-state index is 0.0339. The van der Waals surface area contributed by atoms with Crippen molar-refractivity contribution in [3.63, 3.8) is 0 Å². The van der Waals surface area contributed by atoms with Gasteiger partial charge in [-0.2, -0.15) is 0 Å². The zero-order chi connectivity index (χ0) is 17.7. The number of aliphatic carboxylic acids is 1. The molecule has 130 valence electrons. The fourth-order valence-corrected chi connectivity index (χ4v) is 3.78. The van der Waals surface area contributed by atoms with Crippen LogP contribution in [-0.4, -0.2) is 36.9 Å². The summed E-state index contributed by atoms with van der Waals surface area (Å²) in [6.45, 7) is 4.55. The normalized spacial score (nSPS) is 19.1. The van der Waals surface area contributed by atoms with Crippen molar-refractivity contribution in [3.8, 4) is 0 Å². The highest BCUT2D eigenvalue weighted by Gasteiger charge is 2.41. The van der Waals surface area contributed by atoms with Crippen LogP contribution < -0.4 is 0 Å². The molecule has 0 bridgehead atoms. The van der Waals surface area contributed by atoms with E-state index in [9.17, 15) is 9.90 Å². The molecule has 1 fully saturated rings. The first kappa shape index (κ1) is 19.6. The first-order valence-corrected chi connectivity index (χ1v) is 9.31. The van der Waals surface area contributed by atoms with Crippen molar-refractivity contribution in [2.75, 3.05) is 13.1 Å². The first-order chi connectivity index (χ1) is 11.4. The molecule has 0 aromatic heterocycles. The number of carboxylic acids is 1. The van der Waals surface area contributed by atoms with Gasteiger partial charge in [0.2, 0.25) is 0 Å². The van der Waals surface area contributed by atoms with Gasteiger partial charge in [-0.05, 0) is 56.0 Å². The molecule has 0 spiro atoms. The van der Waals surface area contributed by atoms with Crippen LogP contribution in [0.2, 0.25) is 15.4 Å². The predicted octanol–water partition coefficient (Wildman–Crippen LogP) is 4.81. The lowest BCUT2D eigenvalue weighted by atomic mass is 9.56. The fourth-order valence-electron chi connectivity index (χ4n) is 3.46. The van der Waals surface area contributed by atoms with Gasteiger partial charge in [0, 0.05) is 11.9 Å². The Bertz CT molecular complexity index is 576. The number of carbonyl (C=O) groups is 1. The number of rotatable bonds is 7. The second-order valence-corrected chi connectivity index (χ2v) is 7.56. The summed E-state index contributed by atoms with van der Waals surface area (Å²) in [6, 6.07) is 5.68. The first-order valence-electron chi connectivity index (χ1n) is 8.55. The minimum atomic E-state index is -1.09. The molecule has 1 atom stereocenters. The number of nitrogens with zero attached hydrogens (tertiary/aromatic N) is 1. The average Bonchev–Trinajstić information content (AvgIpc) is 2.56. The molecule has 2 rings (SSSR count). The van der Waals surface area contributed by atoms with Gasteiger partial charge in [0.25, 0.3) is 0 Å². The van der Waals surface area contributed by atoms with E-state index in [-0.39, 0.29) is 5.92 Å². The standard InChI is InChI=1S/C18H24BCl2NO2/c1-2-3-8-18(19,17(23)24)14-6-9-22(10-7-14)12-13-4-5-15(20)16(21)11-13/h4-5,11,14H,2-3,6-10,12H2,1H3,(H,23,24). The molecule has 1 N–H and O–H groups in total. The van der Waals surface area contributed by atoms with E-state index in [2.05, 4.69) is 11.8 Å². The quantitative estimate of drug-likeness (QED) is 0.703. The molecule has 0 amide bonds. The van der Waals surface area contributed by atoms with Crippen LogP contribution in [-0.2, 0) is 11.3 Å². The summed E-state index contributed by atoms with van der Waals surface area (Å²) >= 11 is 12.0. The van der Waals surface area contributed by atoms with E-state index in [0.717, 1.165) is 50.9 Å². The van der Waals surface area contributed by atoms with Crippen LogP contribution in [0.5, 0.6) is 0 Å². The molecule has 1 saturated heterocycles. The van der Waals surface area contributed by atoms with Crippen LogP contribution in [0.15, 0.2) is 18.2 Å². The second kappa shape index (κ2) is 8.60. The number of halogens is 2. The van der Waals surface area contributed by atoms with Gasteiger partial charge in [0.15, 0.2) is 0 Å². The predicted molar refractivity (Wildman–Crippen MR) is 100 cm³/mol. The molecule has 0 saturated carbocycles. The summed E-state index contributed by atoms with van der Waals surface area (Å²) in [4.78, 5) is 14.0. The molecule has 0 aliphatic carbocycles. The summed E-state index contributed by atoms with van der Waals surface area (Å²) in [7, 11) is 6.29. The van der Waals surface area contributed by atoms with Crippen molar-refractivity contribution < 1.29 is 9.90 Å². The smallest absolute Gasteiger partial charge is 0.300 e. The average molecular weight is 368 g/mol. The Kier molecular flexibility index (Phi) is 7.03. The third-order valence-electron chi connectivity index (χ3n) is 5.05. The fraction of sp³-hybridized carbons (Fsp3) is 0.611. The topological polar surface area (TPSA) is 40.5 Å². The molecule has 24 heavy (non-hydrogen) atoms. The third-order valence-corrected chi connectivity index (χ3v) is 5.79. The van der Waals surface area contributed by atoms with Crippen LogP contribution in [0.3, 0.4) is 0 Å². The number of hydrogen-bond acceptors (Lipinski definition) is 2. The van der Waals surface area contributed by atoms with Crippen molar-refractivity contribution in [2.45, 2.75) is 50.9 Å². The molecule has 1 unspecified atom stereocenters. The number of piperidine rings is 1. The zero-order valence-electron chi connectivity index (χ0n) is 14.1. The van der Waals surface area contributed by atoms with Crippen molar-refractivity contribution in [1.29, 1.82) is 0 Å². The molecule has 1 aromatic rings. The van der Waals surface area contributed by atoms with Gasteiger partial charge in [-0.1, -0.05) is 49.0 Å². The SMILES string of the molecule is [B]C(CCCC)(C(=O)O)C1CCN(Cc2ccc(Cl)c(Cl)c2)CC1. The molecule has 1 aliphatic heterocycles. The Morgan fingerprint density at radius 3 is 2.54 bits per heavy atom. The van der Waals surface area contributed by atoms with E-state index in [1.54, 1.807) is 0 Å². The van der Waals surface area contributed by atoms with Crippen LogP contribution in [0, 0.1) is 5.92 Å². The maximum absolute atomic E-state index is 11.7. The summed E-state index contributed by atoms with van der Waals surface area (Å²) in [5, 5.41) is 9.64. The summed E-state index contributed by atoms with van der Waals surface area (Å²) in [5.74, 6) is -0.828. The lowest BCUT2D eigenvalue weighted by Crippen LogP contribution is -2.41. The van der Waals surface area contributed by atoms with E-state index >= 15 is 0 Å². The maximum Gasteiger partial charge on any atom is 0.300 e. The van der Waals surface area contributed by atoms with Crippen LogP contribution >= 0.6 is 23.2 Å². The van der Waals surface area contributed by atoms with Gasteiger partial charge in [-0.3, -0.25) is 9.69 Å². The van der Waals surface area contributed by atoms with E-state index in [1.807, 2.05) is 18.2 Å². The molecular weight excluding hydrogens is 344 g/mol. The summed E-state index contributed by atoms with van der Waals surface area (Å²) in [5.41, 5.74) is 1.12. The van der Waals surface area contributed by atoms with Gasteiger partial charge in [0.05, 0.1) is 17.9 Å². The monoisotopic (exact) mass is 367 g/mol. The number of carboxylic acid groups (broad SMARTS) is 1. The Labute approximate surface area is 155 Å². The van der Waals surface area contributed by atoms with Gasteiger partial charge in [-0.15, -0.1) is 0 Å². The van der Waals surface area contributed by atoms with Crippen LogP contribution in [0.25, 0.3) is 0 Å². The van der Waals surface area contributed by atoms with E-state index in [1.165, 1.54) is 0 Å². The molecule has 3 nitrogen and oxygen atoms in total. The molecule has 1 aromatic carbocycles. The van der Waals surface area contributed by atoms with Crippen LogP contribution in [0.1, 0.15) is 44.6 Å². The molecule has 1 heterocycles. The highest BCUT2D eigenvalue weighted by Crippen LogP contribution is 2.44. The second-order valence-electron chi connectivity index (χ2n) is 6.75. The molecule has 6 heteroatoms. The minimum Gasteiger partial charge on any atom is -0.481 e. The lowest BCUT2D eigenvalue weighted by molar-refractivity contribution is -0.143. The third kappa shape index (κ3) is 4.68. The maximum atomic E-state index is 11.7. The van der Waals surface area contributed by atoms with Crippen LogP contribution in [0.4, 0.5) is 0 Å². The Morgan fingerprint density at radius 2 is 2.00 bits per heavy atom. The number of hydrogen-bond donors (Lipinski definition) is 1. The van der Waals surface area contributed by atoms with Gasteiger partial charge in [-0.25, -0.2) is 0 Å². The van der Waals surface area contributed by atoms with Crippen molar-refractivity contribution in [1.82, 2.24) is 4.90 Å². The number of likely N-dealkylation sites (tertiary alicyclic amines) is 1. The zero-order valence-corrected chi connectivity index (χ0v) is 15.6. The largest absolute Gasteiger partial charge is 0.481 e. The number of unbranched alkanes of at least 4 members (excludes halogenated alkanes) is 1. The number of benzene rings is 1. The Balaban J connectivity index is 1.94. The van der Waals surface area contributed by atoms with Crippen molar-refractivity contribution >= 4 is 37.0 Å². The molecular formula is C18H24BCl2NO2. The van der Waals surface area contributed by atoms with Gasteiger partial charge in [0.1, 0.15) is 0 Å². The Hall–Kier alpha value is -0.705. The highest BCUT2D eigenvalue weighted by molar-refractivity contribution is 6.42. The lowest BCUT2D eigenvalue weighted by Gasteiger charge is -2.41. The van der Waals surface area contributed by atoms with Crippen molar-refractivity contribution in [3.05, 3.63) is 33.8 Å². The summed E-state index contributed by atoms with van der Waals surface area (Å²) in [6.07, 6.45) is 3.99. The summed E-state index contributed by atoms with van der Waals surface area (Å²) < 4.78 is 0.